The van der Waals surface area contributed by atoms with Crippen molar-refractivity contribution in [1.82, 2.24) is 4.98 Å². The Morgan fingerprint density at radius 2 is 2.12 bits per heavy atom. The van der Waals surface area contributed by atoms with Gasteiger partial charge in [0.2, 0.25) is 0 Å². The van der Waals surface area contributed by atoms with Crippen molar-refractivity contribution in [2.45, 2.75) is 0 Å². The number of rotatable bonds is 3. The first-order valence-corrected chi connectivity index (χ1v) is 4.99. The summed E-state index contributed by atoms with van der Waals surface area (Å²) >= 11 is 0. The first-order chi connectivity index (χ1) is 8.33. The van der Waals surface area contributed by atoms with Crippen molar-refractivity contribution in [3.8, 4) is 23.3 Å². The van der Waals surface area contributed by atoms with Gasteiger partial charge in [0.25, 0.3) is 0 Å². The van der Waals surface area contributed by atoms with Gasteiger partial charge in [0.15, 0.2) is 0 Å². The summed E-state index contributed by atoms with van der Waals surface area (Å²) in [4.78, 5) is 3.94. The minimum absolute atomic E-state index is 0.453. The highest BCUT2D eigenvalue weighted by molar-refractivity contribution is 5.49. The number of benzene rings is 1. The molecule has 4 heteroatoms. The van der Waals surface area contributed by atoms with Gasteiger partial charge in [-0.15, -0.1) is 0 Å². The van der Waals surface area contributed by atoms with Crippen molar-refractivity contribution in [1.29, 1.82) is 5.26 Å². The molecule has 0 aliphatic carbocycles. The maximum Gasteiger partial charge on any atom is 0.148 e. The number of hydrogen-bond acceptors (Lipinski definition) is 4. The molecule has 1 aromatic heterocycles. The smallest absolute Gasteiger partial charge is 0.148 e. The summed E-state index contributed by atoms with van der Waals surface area (Å²) < 4.78 is 10.7. The minimum atomic E-state index is 0.453. The normalized spacial score (nSPS) is 9.41. The van der Waals surface area contributed by atoms with Crippen molar-refractivity contribution in [3.63, 3.8) is 0 Å². The zero-order valence-corrected chi connectivity index (χ0v) is 9.25. The zero-order chi connectivity index (χ0) is 12.1. The fraction of sp³-hybridized carbons (Fsp3) is 0.0769. The average Bonchev–Trinajstić information content (AvgIpc) is 2.40. The van der Waals surface area contributed by atoms with Gasteiger partial charge in [-0.1, -0.05) is 0 Å². The summed E-state index contributed by atoms with van der Waals surface area (Å²) in [5, 5.41) is 8.97. The molecule has 1 heterocycles. The molecule has 2 rings (SSSR count). The van der Waals surface area contributed by atoms with E-state index in [2.05, 4.69) is 11.1 Å². The Hall–Kier alpha value is -2.54. The first-order valence-electron chi connectivity index (χ1n) is 4.99. The molecule has 4 nitrogen and oxygen atoms in total. The van der Waals surface area contributed by atoms with Crippen LogP contribution in [-0.4, -0.2) is 12.1 Å². The van der Waals surface area contributed by atoms with Gasteiger partial charge in [-0.05, 0) is 24.3 Å². The summed E-state index contributed by atoms with van der Waals surface area (Å²) in [5.41, 5.74) is 0.453. The average molecular weight is 226 g/mol. The molecule has 0 saturated heterocycles. The van der Waals surface area contributed by atoms with E-state index in [4.69, 9.17) is 14.7 Å². The molecule has 2 aromatic rings. The van der Waals surface area contributed by atoms with E-state index in [9.17, 15) is 0 Å². The molecule has 84 valence electrons. The summed E-state index contributed by atoms with van der Waals surface area (Å²) in [6, 6.07) is 10.6. The maximum absolute atomic E-state index is 8.97. The summed E-state index contributed by atoms with van der Waals surface area (Å²) in [6.45, 7) is 0. The number of hydrogen-bond donors (Lipinski definition) is 0. The summed E-state index contributed by atoms with van der Waals surface area (Å²) in [7, 11) is 1.56. The van der Waals surface area contributed by atoms with Crippen LogP contribution in [-0.2, 0) is 0 Å². The van der Waals surface area contributed by atoms with Crippen LogP contribution in [0.25, 0.3) is 0 Å². The third-order valence-corrected chi connectivity index (χ3v) is 2.17. The fourth-order valence-electron chi connectivity index (χ4n) is 1.34. The van der Waals surface area contributed by atoms with Crippen molar-refractivity contribution < 1.29 is 9.47 Å². The molecule has 0 bridgehead atoms. The lowest BCUT2D eigenvalue weighted by molar-refractivity contribution is 0.408. The third kappa shape index (κ3) is 2.52. The lowest BCUT2D eigenvalue weighted by Crippen LogP contribution is -1.90. The second-order valence-corrected chi connectivity index (χ2v) is 3.26. The number of nitrogens with zero attached hydrogens (tertiary/aromatic N) is 2. The molecule has 0 spiro atoms. The molecule has 0 atom stereocenters. The molecule has 0 aliphatic heterocycles. The predicted octanol–water partition coefficient (Wildman–Crippen LogP) is 2.75. The Balaban J connectivity index is 2.34. The quantitative estimate of drug-likeness (QED) is 0.807. The standard InChI is InChI=1S/C13H10N2O2/c1-16-11-5-4-10(8-14)13(7-11)17-12-3-2-6-15-9-12/h2-7,9H,1H3. The van der Waals surface area contributed by atoms with Gasteiger partial charge in [0, 0.05) is 12.3 Å². The number of aromatic nitrogens is 1. The van der Waals surface area contributed by atoms with E-state index in [1.165, 1.54) is 0 Å². The van der Waals surface area contributed by atoms with Gasteiger partial charge in [0.05, 0.1) is 18.9 Å². The van der Waals surface area contributed by atoms with Crippen LogP contribution >= 0.6 is 0 Å². The van der Waals surface area contributed by atoms with Crippen LogP contribution in [0.15, 0.2) is 42.7 Å². The van der Waals surface area contributed by atoms with E-state index in [1.54, 1.807) is 49.8 Å². The van der Waals surface area contributed by atoms with E-state index in [1.807, 2.05) is 0 Å². The van der Waals surface area contributed by atoms with Crippen LogP contribution in [0.5, 0.6) is 17.2 Å². The van der Waals surface area contributed by atoms with E-state index in [0.29, 0.717) is 22.8 Å². The third-order valence-electron chi connectivity index (χ3n) is 2.17. The van der Waals surface area contributed by atoms with E-state index < -0.39 is 0 Å². The van der Waals surface area contributed by atoms with E-state index in [-0.39, 0.29) is 0 Å². The van der Waals surface area contributed by atoms with Crippen LogP contribution in [0, 0.1) is 11.3 Å². The predicted molar refractivity (Wildman–Crippen MR) is 62.0 cm³/mol. The summed E-state index contributed by atoms with van der Waals surface area (Å²) in [6.07, 6.45) is 3.24. The highest BCUT2D eigenvalue weighted by atomic mass is 16.5. The molecule has 0 saturated carbocycles. The molecule has 1 aromatic carbocycles. The molecule has 17 heavy (non-hydrogen) atoms. The van der Waals surface area contributed by atoms with Gasteiger partial charge in [0.1, 0.15) is 23.3 Å². The van der Waals surface area contributed by atoms with Crippen molar-refractivity contribution >= 4 is 0 Å². The largest absolute Gasteiger partial charge is 0.497 e. The highest BCUT2D eigenvalue weighted by Gasteiger charge is 2.06. The van der Waals surface area contributed by atoms with Crippen molar-refractivity contribution in [3.05, 3.63) is 48.3 Å². The van der Waals surface area contributed by atoms with E-state index >= 15 is 0 Å². The van der Waals surface area contributed by atoms with Crippen molar-refractivity contribution in [2.75, 3.05) is 7.11 Å². The second-order valence-electron chi connectivity index (χ2n) is 3.26. The van der Waals surface area contributed by atoms with Gasteiger partial charge in [-0.25, -0.2) is 0 Å². The second kappa shape index (κ2) is 4.99. The molecule has 0 radical (unpaired) electrons. The Labute approximate surface area is 99.1 Å². The molecule has 0 unspecified atom stereocenters. The van der Waals surface area contributed by atoms with Gasteiger partial charge in [-0.3, -0.25) is 4.98 Å². The highest BCUT2D eigenvalue weighted by Crippen LogP contribution is 2.28. The van der Waals surface area contributed by atoms with E-state index in [0.717, 1.165) is 0 Å². The van der Waals surface area contributed by atoms with Gasteiger partial charge in [-0.2, -0.15) is 5.26 Å². The van der Waals surface area contributed by atoms with Crippen LogP contribution in [0.1, 0.15) is 5.56 Å². The molecule has 0 amide bonds. The number of methoxy groups -OCH3 is 1. The first kappa shape index (κ1) is 11.0. The Morgan fingerprint density at radius 1 is 1.24 bits per heavy atom. The summed E-state index contributed by atoms with van der Waals surface area (Å²) in [5.74, 6) is 1.68. The molecule has 0 aliphatic rings. The maximum atomic E-state index is 8.97. The van der Waals surface area contributed by atoms with Crippen LogP contribution in [0.3, 0.4) is 0 Å². The number of pyridine rings is 1. The Bertz CT molecular complexity index is 547. The van der Waals surface area contributed by atoms with Gasteiger partial charge >= 0.3 is 0 Å². The minimum Gasteiger partial charge on any atom is -0.497 e. The molecule has 0 N–H and O–H groups in total. The molecular weight excluding hydrogens is 216 g/mol. The molecule has 0 fully saturated rings. The topological polar surface area (TPSA) is 55.1 Å². The number of ether oxygens (including phenoxy) is 2. The molecular formula is C13H10N2O2. The SMILES string of the molecule is COc1ccc(C#N)c(Oc2cccnc2)c1. The lowest BCUT2D eigenvalue weighted by Gasteiger charge is -2.08. The monoisotopic (exact) mass is 226 g/mol. The Morgan fingerprint density at radius 3 is 2.76 bits per heavy atom. The fourth-order valence-corrected chi connectivity index (χ4v) is 1.34. The van der Waals surface area contributed by atoms with Crippen molar-refractivity contribution in [2.24, 2.45) is 0 Å². The Kier molecular flexibility index (Phi) is 3.22. The van der Waals surface area contributed by atoms with Crippen LogP contribution in [0.2, 0.25) is 0 Å². The zero-order valence-electron chi connectivity index (χ0n) is 9.25. The van der Waals surface area contributed by atoms with Gasteiger partial charge < -0.3 is 9.47 Å². The number of nitriles is 1. The van der Waals surface area contributed by atoms with Crippen LogP contribution < -0.4 is 9.47 Å². The van der Waals surface area contributed by atoms with Crippen LogP contribution in [0.4, 0.5) is 0 Å². The lowest BCUT2D eigenvalue weighted by atomic mass is 10.2.